The van der Waals surface area contributed by atoms with Crippen LogP contribution in [0.15, 0.2) is 72.0 Å². The largest absolute Gasteiger partial charge is 0.385 e. The molecule has 1 atom stereocenters. The smallest absolute Gasteiger partial charge is 0.166 e. The Balaban J connectivity index is 1.32. The Morgan fingerprint density at radius 2 is 1.61 bits per heavy atom. The summed E-state index contributed by atoms with van der Waals surface area (Å²) in [5, 5.41) is 11.2. The second-order valence-corrected chi connectivity index (χ2v) is 8.75. The summed E-state index contributed by atoms with van der Waals surface area (Å²) < 4.78 is 0. The lowest BCUT2D eigenvalue weighted by Gasteiger charge is -2.07. The fourth-order valence-electron chi connectivity index (χ4n) is 3.56. The zero-order chi connectivity index (χ0) is 21.5. The van der Waals surface area contributed by atoms with E-state index >= 15 is 0 Å². The van der Waals surface area contributed by atoms with Crippen LogP contribution in [0.5, 0.6) is 0 Å². The van der Waals surface area contributed by atoms with Gasteiger partial charge in [0.15, 0.2) is 5.16 Å². The van der Waals surface area contributed by atoms with Crippen LogP contribution < -0.4 is 0 Å². The normalized spacial score (nSPS) is 12.2. The van der Waals surface area contributed by atoms with Crippen LogP contribution in [0.3, 0.4) is 0 Å². The topological polar surface area (TPSA) is 77.6 Å². The van der Waals surface area contributed by atoms with E-state index < -0.39 is 6.10 Å². The van der Waals surface area contributed by atoms with Gasteiger partial charge in [0.25, 0.3) is 0 Å². The molecule has 6 heteroatoms. The monoisotopic (exact) mass is 432 g/mol. The third kappa shape index (κ3) is 5.66. The minimum Gasteiger partial charge on any atom is -0.385 e. The fraction of sp³-hybridized carbons (Fsp3) is 0.280. The van der Waals surface area contributed by atoms with E-state index in [1.54, 1.807) is 18.0 Å². The van der Waals surface area contributed by atoms with E-state index in [1.807, 2.05) is 31.2 Å². The summed E-state index contributed by atoms with van der Waals surface area (Å²) in [6.45, 7) is 1.95. The Bertz CT molecular complexity index is 1020. The summed E-state index contributed by atoms with van der Waals surface area (Å²) in [6.07, 6.45) is 5.11. The van der Waals surface area contributed by atoms with Gasteiger partial charge in [-0.1, -0.05) is 85.3 Å². The zero-order valence-electron chi connectivity index (χ0n) is 17.7. The number of imidazole rings is 2. The molecule has 0 radical (unpaired) electrons. The summed E-state index contributed by atoms with van der Waals surface area (Å²) in [5.74, 6) is 1.66. The van der Waals surface area contributed by atoms with E-state index in [-0.39, 0.29) is 0 Å². The van der Waals surface area contributed by atoms with E-state index in [0.29, 0.717) is 5.82 Å². The van der Waals surface area contributed by atoms with Crippen molar-refractivity contribution in [3.8, 4) is 22.5 Å². The highest BCUT2D eigenvalue weighted by atomic mass is 32.2. The van der Waals surface area contributed by atoms with Crippen LogP contribution in [0, 0.1) is 6.92 Å². The van der Waals surface area contributed by atoms with Crippen molar-refractivity contribution >= 4 is 11.8 Å². The number of aliphatic hydroxyl groups excluding tert-OH is 1. The molecule has 2 aromatic carbocycles. The van der Waals surface area contributed by atoms with Crippen LogP contribution in [0.4, 0.5) is 0 Å². The van der Waals surface area contributed by atoms with Gasteiger partial charge in [0.05, 0.1) is 11.4 Å². The molecule has 5 nitrogen and oxygen atoms in total. The summed E-state index contributed by atoms with van der Waals surface area (Å²) >= 11 is 1.76. The molecule has 2 aromatic heterocycles. The highest BCUT2D eigenvalue weighted by Crippen LogP contribution is 2.32. The maximum absolute atomic E-state index is 10.2. The molecule has 4 rings (SSSR count). The van der Waals surface area contributed by atoms with Gasteiger partial charge in [0.1, 0.15) is 11.9 Å². The fourth-order valence-corrected chi connectivity index (χ4v) is 4.43. The zero-order valence-corrected chi connectivity index (χ0v) is 18.5. The Morgan fingerprint density at radius 1 is 0.903 bits per heavy atom. The van der Waals surface area contributed by atoms with Gasteiger partial charge in [0.2, 0.25) is 0 Å². The number of aromatic nitrogens is 4. The van der Waals surface area contributed by atoms with Crippen molar-refractivity contribution in [1.82, 2.24) is 19.9 Å². The van der Waals surface area contributed by atoms with E-state index in [9.17, 15) is 5.11 Å². The molecule has 0 bridgehead atoms. The van der Waals surface area contributed by atoms with E-state index in [1.165, 1.54) is 0 Å². The number of rotatable bonds is 10. The van der Waals surface area contributed by atoms with Crippen molar-refractivity contribution in [3.05, 3.63) is 78.4 Å². The van der Waals surface area contributed by atoms with Crippen molar-refractivity contribution in [2.24, 2.45) is 0 Å². The molecule has 0 spiro atoms. The standard InChI is InChI=1S/C25H28N4OS/c1-18-17-26-24(27-18)21(30)15-9-4-10-16-31-25-28-22(19-11-5-2-6-12-19)23(29-25)20-13-7-3-8-14-20/h2-3,5-8,11-14,17,21,30H,4,9-10,15-16H2,1H3,(H,26,27)(H,28,29). The number of aryl methyl sites for hydroxylation is 1. The minimum absolute atomic E-state index is 0.506. The van der Waals surface area contributed by atoms with Gasteiger partial charge in [-0.2, -0.15) is 0 Å². The Morgan fingerprint density at radius 3 is 2.29 bits per heavy atom. The number of aromatic amines is 2. The first-order valence-electron chi connectivity index (χ1n) is 10.7. The van der Waals surface area contributed by atoms with Gasteiger partial charge < -0.3 is 15.1 Å². The molecule has 0 saturated carbocycles. The molecule has 160 valence electrons. The first kappa shape index (κ1) is 21.4. The van der Waals surface area contributed by atoms with Crippen molar-refractivity contribution in [2.45, 2.75) is 43.9 Å². The molecule has 0 aliphatic rings. The van der Waals surface area contributed by atoms with Crippen LogP contribution in [0.25, 0.3) is 22.5 Å². The molecule has 1 unspecified atom stereocenters. The maximum atomic E-state index is 10.2. The summed E-state index contributed by atoms with van der Waals surface area (Å²) in [6, 6.07) is 20.7. The average Bonchev–Trinajstić information content (AvgIpc) is 3.44. The van der Waals surface area contributed by atoms with Gasteiger partial charge >= 0.3 is 0 Å². The summed E-state index contributed by atoms with van der Waals surface area (Å²) in [7, 11) is 0. The molecule has 31 heavy (non-hydrogen) atoms. The number of nitrogens with zero attached hydrogens (tertiary/aromatic N) is 2. The lowest BCUT2D eigenvalue weighted by Crippen LogP contribution is -2.00. The number of unbranched alkanes of at least 4 members (excludes halogenated alkanes) is 2. The second-order valence-electron chi connectivity index (χ2n) is 7.66. The number of thioether (sulfide) groups is 1. The average molecular weight is 433 g/mol. The molecule has 0 aliphatic heterocycles. The van der Waals surface area contributed by atoms with E-state index in [4.69, 9.17) is 4.98 Å². The third-order valence-electron chi connectivity index (χ3n) is 5.19. The van der Waals surface area contributed by atoms with E-state index in [0.717, 1.165) is 64.8 Å². The van der Waals surface area contributed by atoms with Crippen LogP contribution in [0.1, 0.15) is 43.3 Å². The molecule has 0 aliphatic carbocycles. The highest BCUT2D eigenvalue weighted by Gasteiger charge is 2.14. The Hall–Kier alpha value is -2.83. The van der Waals surface area contributed by atoms with Gasteiger partial charge in [-0.05, 0) is 19.8 Å². The number of H-pyrrole nitrogens is 2. The van der Waals surface area contributed by atoms with Crippen molar-refractivity contribution in [3.63, 3.8) is 0 Å². The molecule has 0 fully saturated rings. The predicted octanol–water partition coefficient (Wildman–Crippen LogP) is 6.16. The Kier molecular flexibility index (Phi) is 7.22. The number of hydrogen-bond donors (Lipinski definition) is 3. The SMILES string of the molecule is Cc1cnc(C(O)CCCCCSc2nc(-c3ccccc3)c(-c3ccccc3)[nH]2)[nH]1. The third-order valence-corrected chi connectivity index (χ3v) is 6.15. The maximum Gasteiger partial charge on any atom is 0.166 e. The van der Waals surface area contributed by atoms with Crippen molar-refractivity contribution in [2.75, 3.05) is 5.75 Å². The number of aliphatic hydroxyl groups is 1. The van der Waals surface area contributed by atoms with Crippen molar-refractivity contribution in [1.29, 1.82) is 0 Å². The molecule has 0 amide bonds. The number of nitrogens with one attached hydrogen (secondary N) is 2. The highest BCUT2D eigenvalue weighted by molar-refractivity contribution is 7.99. The molecule has 0 saturated heterocycles. The van der Waals surface area contributed by atoms with Crippen LogP contribution in [0.2, 0.25) is 0 Å². The van der Waals surface area contributed by atoms with Crippen molar-refractivity contribution < 1.29 is 5.11 Å². The predicted molar refractivity (Wildman–Crippen MR) is 127 cm³/mol. The molecular formula is C25H28N4OS. The van der Waals surface area contributed by atoms with Crippen LogP contribution >= 0.6 is 11.8 Å². The molecular weight excluding hydrogens is 404 g/mol. The molecule has 2 heterocycles. The summed E-state index contributed by atoms with van der Waals surface area (Å²) in [5.41, 5.74) is 5.29. The quantitative estimate of drug-likeness (QED) is 0.207. The first-order valence-corrected chi connectivity index (χ1v) is 11.7. The Labute approximate surface area is 187 Å². The number of benzene rings is 2. The van der Waals surface area contributed by atoms with E-state index in [2.05, 4.69) is 51.4 Å². The minimum atomic E-state index is -0.506. The molecule has 3 N–H and O–H groups in total. The van der Waals surface area contributed by atoms with Gasteiger partial charge in [0, 0.05) is 28.8 Å². The summed E-state index contributed by atoms with van der Waals surface area (Å²) in [4.78, 5) is 15.7. The van der Waals surface area contributed by atoms with Crippen LogP contribution in [-0.2, 0) is 0 Å². The number of hydrogen-bond acceptors (Lipinski definition) is 4. The first-order chi connectivity index (χ1) is 15.2. The van der Waals surface area contributed by atoms with Crippen LogP contribution in [-0.4, -0.2) is 30.8 Å². The lowest BCUT2D eigenvalue weighted by atomic mass is 10.1. The second kappa shape index (κ2) is 10.5. The van der Waals surface area contributed by atoms with Gasteiger partial charge in [-0.3, -0.25) is 0 Å². The molecule has 4 aromatic rings. The lowest BCUT2D eigenvalue weighted by molar-refractivity contribution is 0.155. The van der Waals surface area contributed by atoms with Gasteiger partial charge in [-0.15, -0.1) is 0 Å². The van der Waals surface area contributed by atoms with Gasteiger partial charge in [-0.25, -0.2) is 9.97 Å².